The smallest absolute Gasteiger partial charge is 0.166 e. The van der Waals surface area contributed by atoms with E-state index in [9.17, 15) is 4.79 Å². The average Bonchev–Trinajstić information content (AvgIpc) is 2.41. The third-order valence-electron chi connectivity index (χ3n) is 2.57. The first kappa shape index (κ1) is 12.8. The van der Waals surface area contributed by atoms with E-state index in [0.29, 0.717) is 23.5 Å². The second-order valence-electron chi connectivity index (χ2n) is 3.81. The Labute approximate surface area is 115 Å². The Kier molecular flexibility index (Phi) is 4.15. The van der Waals surface area contributed by atoms with E-state index in [1.54, 1.807) is 6.07 Å². The minimum absolute atomic E-state index is 0.0812. The maximum absolute atomic E-state index is 11.8. The molecule has 0 unspecified atom stereocenters. The fourth-order valence-corrected chi connectivity index (χ4v) is 1.99. The summed E-state index contributed by atoms with van der Waals surface area (Å²) in [6.07, 6.45) is 0.469. The predicted molar refractivity (Wildman–Crippen MR) is 75.3 cm³/mol. The van der Waals surface area contributed by atoms with E-state index in [-0.39, 0.29) is 5.78 Å². The van der Waals surface area contributed by atoms with Crippen molar-refractivity contribution in [3.05, 3.63) is 58.6 Å². The van der Waals surface area contributed by atoms with Gasteiger partial charge in [-0.2, -0.15) is 0 Å². The van der Waals surface area contributed by atoms with Crippen molar-refractivity contribution in [2.75, 3.05) is 0 Å². The lowest BCUT2D eigenvalue weighted by Crippen LogP contribution is -1.99. The molecule has 0 bridgehead atoms. The first-order valence-corrected chi connectivity index (χ1v) is 6.56. The second kappa shape index (κ2) is 5.83. The summed E-state index contributed by atoms with van der Waals surface area (Å²) >= 11 is 3.42. The highest BCUT2D eigenvalue weighted by molar-refractivity contribution is 9.10. The van der Waals surface area contributed by atoms with Gasteiger partial charge in [-0.25, -0.2) is 0 Å². The number of ether oxygens (including phenoxy) is 1. The summed E-state index contributed by atoms with van der Waals surface area (Å²) in [6.45, 7) is 1.84. The van der Waals surface area contributed by atoms with Gasteiger partial charge in [0.15, 0.2) is 5.78 Å². The standard InChI is InChI=1S/C15H13BrO2/c1-2-13(17)11-7-3-5-9-14(11)18-15-10-6-4-8-12(15)16/h3-10H,2H2,1H3. The highest BCUT2D eigenvalue weighted by Gasteiger charge is 2.11. The van der Waals surface area contributed by atoms with E-state index in [4.69, 9.17) is 4.74 Å². The molecule has 2 aromatic rings. The molecule has 0 amide bonds. The van der Waals surface area contributed by atoms with E-state index in [2.05, 4.69) is 15.9 Å². The molecule has 0 aliphatic carbocycles. The Bertz CT molecular complexity index is 564. The molecule has 0 aromatic heterocycles. The minimum atomic E-state index is 0.0812. The van der Waals surface area contributed by atoms with Crippen molar-refractivity contribution in [2.24, 2.45) is 0 Å². The molecule has 0 spiro atoms. The molecule has 0 saturated heterocycles. The quantitative estimate of drug-likeness (QED) is 0.756. The maximum Gasteiger partial charge on any atom is 0.166 e. The molecule has 0 heterocycles. The van der Waals surface area contributed by atoms with Crippen LogP contribution in [0.5, 0.6) is 11.5 Å². The Hall–Kier alpha value is -1.61. The summed E-state index contributed by atoms with van der Waals surface area (Å²) in [5, 5.41) is 0. The Morgan fingerprint density at radius 2 is 1.67 bits per heavy atom. The van der Waals surface area contributed by atoms with Gasteiger partial charge in [-0.3, -0.25) is 4.79 Å². The molecule has 0 aliphatic heterocycles. The average molecular weight is 305 g/mol. The molecule has 2 aromatic carbocycles. The minimum Gasteiger partial charge on any atom is -0.455 e. The van der Waals surface area contributed by atoms with E-state index in [1.165, 1.54) is 0 Å². The zero-order valence-corrected chi connectivity index (χ0v) is 11.6. The van der Waals surface area contributed by atoms with Gasteiger partial charge in [0.25, 0.3) is 0 Å². The third-order valence-corrected chi connectivity index (χ3v) is 3.22. The van der Waals surface area contributed by atoms with Crippen LogP contribution in [0.1, 0.15) is 23.7 Å². The van der Waals surface area contributed by atoms with Crippen LogP contribution in [0.3, 0.4) is 0 Å². The van der Waals surface area contributed by atoms with Gasteiger partial charge in [-0.05, 0) is 40.2 Å². The highest BCUT2D eigenvalue weighted by Crippen LogP contribution is 2.31. The van der Waals surface area contributed by atoms with Crippen LogP contribution in [0.4, 0.5) is 0 Å². The molecule has 92 valence electrons. The Morgan fingerprint density at radius 1 is 1.06 bits per heavy atom. The maximum atomic E-state index is 11.8. The fourth-order valence-electron chi connectivity index (χ4n) is 1.62. The SMILES string of the molecule is CCC(=O)c1ccccc1Oc1ccccc1Br. The summed E-state index contributed by atoms with van der Waals surface area (Å²) in [6, 6.07) is 14.9. The molecule has 0 N–H and O–H groups in total. The van der Waals surface area contributed by atoms with Crippen molar-refractivity contribution in [3.8, 4) is 11.5 Å². The Morgan fingerprint density at radius 3 is 2.33 bits per heavy atom. The van der Waals surface area contributed by atoms with Gasteiger partial charge in [-0.15, -0.1) is 0 Å². The summed E-state index contributed by atoms with van der Waals surface area (Å²) in [5.41, 5.74) is 0.621. The number of hydrogen-bond donors (Lipinski definition) is 0. The molecule has 2 nitrogen and oxygen atoms in total. The zero-order chi connectivity index (χ0) is 13.0. The van der Waals surface area contributed by atoms with Gasteiger partial charge in [0.2, 0.25) is 0 Å². The van der Waals surface area contributed by atoms with Crippen LogP contribution in [0.25, 0.3) is 0 Å². The van der Waals surface area contributed by atoms with Crippen molar-refractivity contribution in [1.29, 1.82) is 0 Å². The lowest BCUT2D eigenvalue weighted by molar-refractivity contribution is 0.0986. The van der Waals surface area contributed by atoms with Gasteiger partial charge in [-0.1, -0.05) is 31.2 Å². The van der Waals surface area contributed by atoms with Crippen LogP contribution in [0.2, 0.25) is 0 Å². The largest absolute Gasteiger partial charge is 0.455 e. The van der Waals surface area contributed by atoms with Gasteiger partial charge < -0.3 is 4.74 Å². The number of carbonyl (C=O) groups is 1. The van der Waals surface area contributed by atoms with Crippen molar-refractivity contribution < 1.29 is 9.53 Å². The van der Waals surface area contributed by atoms with Crippen molar-refractivity contribution in [3.63, 3.8) is 0 Å². The van der Waals surface area contributed by atoms with Crippen LogP contribution >= 0.6 is 15.9 Å². The van der Waals surface area contributed by atoms with E-state index in [1.807, 2.05) is 49.4 Å². The summed E-state index contributed by atoms with van der Waals surface area (Å²) < 4.78 is 6.66. The van der Waals surface area contributed by atoms with Gasteiger partial charge >= 0.3 is 0 Å². The predicted octanol–water partition coefficient (Wildman–Crippen LogP) is 4.83. The summed E-state index contributed by atoms with van der Waals surface area (Å²) in [5.74, 6) is 1.38. The number of carbonyl (C=O) groups excluding carboxylic acids is 1. The number of Topliss-reactive ketones (excluding diaryl/α,β-unsaturated/α-hetero) is 1. The first-order valence-electron chi connectivity index (χ1n) is 5.77. The summed E-state index contributed by atoms with van der Waals surface area (Å²) in [7, 11) is 0. The molecule has 0 fully saturated rings. The van der Waals surface area contributed by atoms with Crippen LogP contribution in [-0.4, -0.2) is 5.78 Å². The molecular weight excluding hydrogens is 292 g/mol. The number of benzene rings is 2. The van der Waals surface area contributed by atoms with Gasteiger partial charge in [0.05, 0.1) is 10.0 Å². The second-order valence-corrected chi connectivity index (χ2v) is 4.66. The van der Waals surface area contributed by atoms with Crippen molar-refractivity contribution in [2.45, 2.75) is 13.3 Å². The van der Waals surface area contributed by atoms with Crippen molar-refractivity contribution in [1.82, 2.24) is 0 Å². The number of ketones is 1. The molecule has 0 saturated carbocycles. The third kappa shape index (κ3) is 2.79. The van der Waals surface area contributed by atoms with E-state index in [0.717, 1.165) is 4.47 Å². The van der Waals surface area contributed by atoms with Crippen LogP contribution in [0, 0.1) is 0 Å². The summed E-state index contributed by atoms with van der Waals surface area (Å²) in [4.78, 5) is 11.8. The van der Waals surface area contributed by atoms with Crippen molar-refractivity contribution >= 4 is 21.7 Å². The van der Waals surface area contributed by atoms with E-state index >= 15 is 0 Å². The number of para-hydroxylation sites is 2. The number of rotatable bonds is 4. The number of halogens is 1. The Balaban J connectivity index is 2.35. The molecule has 18 heavy (non-hydrogen) atoms. The lowest BCUT2D eigenvalue weighted by atomic mass is 10.1. The fraction of sp³-hybridized carbons (Fsp3) is 0.133. The van der Waals surface area contributed by atoms with Crippen LogP contribution in [-0.2, 0) is 0 Å². The van der Waals surface area contributed by atoms with Gasteiger partial charge in [0, 0.05) is 6.42 Å². The molecule has 3 heteroatoms. The number of hydrogen-bond acceptors (Lipinski definition) is 2. The highest BCUT2D eigenvalue weighted by atomic mass is 79.9. The van der Waals surface area contributed by atoms with Gasteiger partial charge in [0.1, 0.15) is 11.5 Å². The first-order chi connectivity index (χ1) is 8.72. The molecule has 0 atom stereocenters. The van der Waals surface area contributed by atoms with Crippen LogP contribution < -0.4 is 4.74 Å². The molecule has 0 aliphatic rings. The topological polar surface area (TPSA) is 26.3 Å². The molecule has 0 radical (unpaired) electrons. The lowest BCUT2D eigenvalue weighted by Gasteiger charge is -2.10. The van der Waals surface area contributed by atoms with Crippen LogP contribution in [0.15, 0.2) is 53.0 Å². The molecular formula is C15H13BrO2. The molecule has 2 rings (SSSR count). The normalized spacial score (nSPS) is 10.1. The zero-order valence-electron chi connectivity index (χ0n) is 10.0. The monoisotopic (exact) mass is 304 g/mol. The van der Waals surface area contributed by atoms with E-state index < -0.39 is 0 Å².